The Hall–Kier alpha value is -0.770. The van der Waals surface area contributed by atoms with Gasteiger partial charge in [-0.3, -0.25) is 9.59 Å². The van der Waals surface area contributed by atoms with Crippen LogP contribution in [0.3, 0.4) is 0 Å². The van der Waals surface area contributed by atoms with Gasteiger partial charge in [-0.2, -0.15) is 0 Å². The summed E-state index contributed by atoms with van der Waals surface area (Å²) < 4.78 is 0. The molecule has 0 aromatic rings. The van der Waals surface area contributed by atoms with Crippen LogP contribution < -0.4 is 5.73 Å². The molecule has 13 heavy (non-hydrogen) atoms. The standard InChI is InChI=1S/C8H13ClN2O2/c9-5-7(12)11-4-2-1-3-6(11)8(10)13/h6H,1-5H2,(H2,10,13)/t6-/m1/s1. The number of piperidine rings is 1. The number of alkyl halides is 1. The highest BCUT2D eigenvalue weighted by Crippen LogP contribution is 2.16. The molecule has 0 radical (unpaired) electrons. The molecule has 2 N–H and O–H groups in total. The Labute approximate surface area is 82.0 Å². The molecule has 1 saturated heterocycles. The molecule has 1 heterocycles. The van der Waals surface area contributed by atoms with Crippen molar-refractivity contribution < 1.29 is 9.59 Å². The van der Waals surface area contributed by atoms with E-state index in [1.54, 1.807) is 0 Å². The third-order valence-corrected chi connectivity index (χ3v) is 2.49. The van der Waals surface area contributed by atoms with E-state index in [0.29, 0.717) is 13.0 Å². The maximum atomic E-state index is 11.3. The Morgan fingerprint density at radius 3 is 2.69 bits per heavy atom. The Morgan fingerprint density at radius 2 is 2.15 bits per heavy atom. The number of nitrogens with two attached hydrogens (primary N) is 1. The predicted molar refractivity (Wildman–Crippen MR) is 49.3 cm³/mol. The highest BCUT2D eigenvalue weighted by Gasteiger charge is 2.29. The van der Waals surface area contributed by atoms with E-state index in [2.05, 4.69) is 0 Å². The molecule has 0 spiro atoms. The predicted octanol–water partition coefficient (Wildman–Crippen LogP) is 0.0916. The van der Waals surface area contributed by atoms with Gasteiger partial charge in [-0.05, 0) is 19.3 Å². The van der Waals surface area contributed by atoms with Crippen molar-refractivity contribution in [2.75, 3.05) is 12.4 Å². The second-order valence-corrected chi connectivity index (χ2v) is 3.40. The minimum Gasteiger partial charge on any atom is -0.368 e. The molecule has 1 aliphatic heterocycles. The Morgan fingerprint density at radius 1 is 1.46 bits per heavy atom. The van der Waals surface area contributed by atoms with E-state index in [4.69, 9.17) is 17.3 Å². The second-order valence-electron chi connectivity index (χ2n) is 3.13. The van der Waals surface area contributed by atoms with Crippen molar-refractivity contribution in [2.24, 2.45) is 5.73 Å². The fourth-order valence-electron chi connectivity index (χ4n) is 1.60. The third kappa shape index (κ3) is 2.34. The van der Waals surface area contributed by atoms with Gasteiger partial charge in [-0.15, -0.1) is 11.6 Å². The van der Waals surface area contributed by atoms with E-state index in [9.17, 15) is 9.59 Å². The van der Waals surface area contributed by atoms with Gasteiger partial charge >= 0.3 is 0 Å². The molecule has 1 fully saturated rings. The summed E-state index contributed by atoms with van der Waals surface area (Å²) in [4.78, 5) is 23.7. The maximum Gasteiger partial charge on any atom is 0.240 e. The van der Waals surface area contributed by atoms with Crippen molar-refractivity contribution in [3.05, 3.63) is 0 Å². The number of nitrogens with zero attached hydrogens (tertiary/aromatic N) is 1. The molecular formula is C8H13ClN2O2. The van der Waals surface area contributed by atoms with E-state index >= 15 is 0 Å². The molecular weight excluding hydrogens is 192 g/mol. The summed E-state index contributed by atoms with van der Waals surface area (Å²) in [5.74, 6) is -0.715. The van der Waals surface area contributed by atoms with Gasteiger partial charge in [0.2, 0.25) is 11.8 Å². The zero-order chi connectivity index (χ0) is 9.84. The Kier molecular flexibility index (Phi) is 3.54. The SMILES string of the molecule is NC(=O)[C@H]1CCCCN1C(=O)CCl. The number of likely N-dealkylation sites (tertiary alicyclic amines) is 1. The molecule has 2 amide bonds. The number of carbonyl (C=O) groups excluding carboxylic acids is 2. The quantitative estimate of drug-likeness (QED) is 0.648. The average molecular weight is 205 g/mol. The van der Waals surface area contributed by atoms with Crippen molar-refractivity contribution >= 4 is 23.4 Å². The number of halogens is 1. The van der Waals surface area contributed by atoms with Crippen LogP contribution in [0.15, 0.2) is 0 Å². The zero-order valence-electron chi connectivity index (χ0n) is 7.33. The summed E-state index contributed by atoms with van der Waals surface area (Å²) in [5.41, 5.74) is 5.17. The monoisotopic (exact) mass is 204 g/mol. The van der Waals surface area contributed by atoms with E-state index in [0.717, 1.165) is 12.8 Å². The van der Waals surface area contributed by atoms with Gasteiger partial charge < -0.3 is 10.6 Å². The van der Waals surface area contributed by atoms with Gasteiger partial charge in [0.05, 0.1) is 0 Å². The van der Waals surface area contributed by atoms with Crippen molar-refractivity contribution in [2.45, 2.75) is 25.3 Å². The summed E-state index contributed by atoms with van der Waals surface area (Å²) in [7, 11) is 0. The molecule has 1 rings (SSSR count). The Bertz CT molecular complexity index is 220. The fraction of sp³-hybridized carbons (Fsp3) is 0.750. The van der Waals surface area contributed by atoms with Crippen LogP contribution >= 0.6 is 11.6 Å². The molecule has 5 heteroatoms. The first kappa shape index (κ1) is 10.3. The van der Waals surface area contributed by atoms with Crippen molar-refractivity contribution in [1.82, 2.24) is 4.90 Å². The zero-order valence-corrected chi connectivity index (χ0v) is 8.09. The molecule has 0 saturated carbocycles. The van der Waals surface area contributed by atoms with Crippen LogP contribution in [-0.4, -0.2) is 35.2 Å². The largest absolute Gasteiger partial charge is 0.368 e. The van der Waals surface area contributed by atoms with E-state index in [1.165, 1.54) is 4.90 Å². The van der Waals surface area contributed by atoms with Crippen LogP contribution in [0.5, 0.6) is 0 Å². The number of primary amides is 1. The van der Waals surface area contributed by atoms with Crippen LogP contribution in [-0.2, 0) is 9.59 Å². The molecule has 0 bridgehead atoms. The van der Waals surface area contributed by atoms with Crippen molar-refractivity contribution in [1.29, 1.82) is 0 Å². The molecule has 0 unspecified atom stereocenters. The smallest absolute Gasteiger partial charge is 0.240 e. The minimum absolute atomic E-state index is 0.0796. The lowest BCUT2D eigenvalue weighted by atomic mass is 10.0. The van der Waals surface area contributed by atoms with Crippen LogP contribution in [0, 0.1) is 0 Å². The van der Waals surface area contributed by atoms with Crippen molar-refractivity contribution in [3.8, 4) is 0 Å². The van der Waals surface area contributed by atoms with Crippen LogP contribution in [0.4, 0.5) is 0 Å². The first-order valence-corrected chi connectivity index (χ1v) is 4.85. The van der Waals surface area contributed by atoms with E-state index in [1.807, 2.05) is 0 Å². The van der Waals surface area contributed by atoms with Gasteiger partial charge in [-0.1, -0.05) is 0 Å². The minimum atomic E-state index is -0.444. The summed E-state index contributed by atoms with van der Waals surface area (Å²) >= 11 is 5.41. The second kappa shape index (κ2) is 4.46. The lowest BCUT2D eigenvalue weighted by molar-refractivity contribution is -0.139. The molecule has 0 aromatic heterocycles. The van der Waals surface area contributed by atoms with Gasteiger partial charge in [0.25, 0.3) is 0 Å². The van der Waals surface area contributed by atoms with Gasteiger partial charge in [0, 0.05) is 6.54 Å². The van der Waals surface area contributed by atoms with Crippen molar-refractivity contribution in [3.63, 3.8) is 0 Å². The van der Waals surface area contributed by atoms with E-state index < -0.39 is 11.9 Å². The number of rotatable bonds is 2. The first-order valence-electron chi connectivity index (χ1n) is 4.31. The number of carbonyl (C=O) groups is 2. The van der Waals surface area contributed by atoms with Gasteiger partial charge in [0.15, 0.2) is 0 Å². The van der Waals surface area contributed by atoms with E-state index in [-0.39, 0.29) is 11.8 Å². The molecule has 4 nitrogen and oxygen atoms in total. The van der Waals surface area contributed by atoms with Gasteiger partial charge in [0.1, 0.15) is 11.9 Å². The topological polar surface area (TPSA) is 63.4 Å². The molecule has 1 aliphatic rings. The lowest BCUT2D eigenvalue weighted by Gasteiger charge is -2.33. The number of hydrogen-bond acceptors (Lipinski definition) is 2. The highest BCUT2D eigenvalue weighted by molar-refractivity contribution is 6.27. The summed E-state index contributed by atoms with van der Waals surface area (Å²) in [6.45, 7) is 0.596. The van der Waals surface area contributed by atoms with Crippen LogP contribution in [0.2, 0.25) is 0 Å². The van der Waals surface area contributed by atoms with Crippen LogP contribution in [0.25, 0.3) is 0 Å². The summed E-state index contributed by atoms with van der Waals surface area (Å²) in [5, 5.41) is 0. The van der Waals surface area contributed by atoms with Crippen LogP contribution in [0.1, 0.15) is 19.3 Å². The summed E-state index contributed by atoms with van der Waals surface area (Å²) in [6.07, 6.45) is 2.53. The molecule has 0 aromatic carbocycles. The lowest BCUT2D eigenvalue weighted by Crippen LogP contribution is -2.50. The average Bonchev–Trinajstić information content (AvgIpc) is 2.16. The number of hydrogen-bond donors (Lipinski definition) is 1. The third-order valence-electron chi connectivity index (χ3n) is 2.27. The molecule has 74 valence electrons. The highest BCUT2D eigenvalue weighted by atomic mass is 35.5. The molecule has 1 atom stereocenters. The van der Waals surface area contributed by atoms with Gasteiger partial charge in [-0.25, -0.2) is 0 Å². The Balaban J connectivity index is 2.67. The normalized spacial score (nSPS) is 22.8. The fourth-order valence-corrected chi connectivity index (χ4v) is 1.76. The molecule has 0 aliphatic carbocycles. The maximum absolute atomic E-state index is 11.3. The number of amides is 2. The summed E-state index contributed by atoms with van der Waals surface area (Å²) in [6, 6.07) is -0.444. The first-order chi connectivity index (χ1) is 6.16.